The molecule has 146 valence electrons. The van der Waals surface area contributed by atoms with Gasteiger partial charge in [-0.3, -0.25) is 9.78 Å². The molecule has 1 aromatic carbocycles. The molecule has 1 aliphatic rings. The number of nitrogens with one attached hydrogen (secondary N) is 1. The van der Waals surface area contributed by atoms with Crippen LogP contribution >= 0.6 is 0 Å². The highest BCUT2D eigenvalue weighted by molar-refractivity contribution is 6.05. The lowest BCUT2D eigenvalue weighted by Crippen LogP contribution is -2.43. The molecule has 0 radical (unpaired) electrons. The van der Waals surface area contributed by atoms with Gasteiger partial charge < -0.3 is 16.0 Å². The molecule has 3 aromatic rings. The van der Waals surface area contributed by atoms with Crippen LogP contribution in [0.1, 0.15) is 28.9 Å². The van der Waals surface area contributed by atoms with Crippen LogP contribution in [0.25, 0.3) is 10.9 Å². The molecule has 0 aliphatic carbocycles. The SMILES string of the molecule is N#CCc1ccc2ccc(C(=O)Nc3cnccc3N3CCCC(N)C3)nc2c1. The zero-order valence-corrected chi connectivity index (χ0v) is 16.0. The average molecular weight is 386 g/mol. The maximum Gasteiger partial charge on any atom is 0.274 e. The van der Waals surface area contributed by atoms with Crippen LogP contribution in [0.4, 0.5) is 11.4 Å². The summed E-state index contributed by atoms with van der Waals surface area (Å²) in [6, 6.07) is 13.4. The van der Waals surface area contributed by atoms with E-state index >= 15 is 0 Å². The molecule has 1 amide bonds. The Morgan fingerprint density at radius 2 is 2.17 bits per heavy atom. The number of hydrogen-bond donors (Lipinski definition) is 2. The van der Waals surface area contributed by atoms with Gasteiger partial charge in [-0.25, -0.2) is 4.98 Å². The van der Waals surface area contributed by atoms with E-state index in [0.717, 1.165) is 42.6 Å². The molecule has 1 atom stereocenters. The van der Waals surface area contributed by atoms with E-state index in [2.05, 4.69) is 26.3 Å². The van der Waals surface area contributed by atoms with E-state index in [0.29, 0.717) is 23.3 Å². The van der Waals surface area contributed by atoms with E-state index in [1.807, 2.05) is 30.3 Å². The summed E-state index contributed by atoms with van der Waals surface area (Å²) in [6.45, 7) is 1.65. The van der Waals surface area contributed by atoms with Crippen LogP contribution in [0.15, 0.2) is 48.8 Å². The fourth-order valence-electron chi connectivity index (χ4n) is 3.66. The topological polar surface area (TPSA) is 108 Å². The molecule has 1 unspecified atom stereocenters. The first-order chi connectivity index (χ1) is 14.1. The van der Waals surface area contributed by atoms with Crippen molar-refractivity contribution >= 4 is 28.2 Å². The van der Waals surface area contributed by atoms with E-state index in [-0.39, 0.29) is 11.9 Å². The van der Waals surface area contributed by atoms with Crippen molar-refractivity contribution in [3.8, 4) is 6.07 Å². The van der Waals surface area contributed by atoms with Crippen LogP contribution < -0.4 is 16.0 Å². The molecule has 7 nitrogen and oxygen atoms in total. The predicted octanol–water partition coefficient (Wildman–Crippen LogP) is 2.88. The number of nitriles is 1. The minimum Gasteiger partial charge on any atom is -0.368 e. The van der Waals surface area contributed by atoms with Crippen molar-refractivity contribution in [3.63, 3.8) is 0 Å². The molecular formula is C22H22N6O. The highest BCUT2D eigenvalue weighted by atomic mass is 16.1. The molecule has 1 fully saturated rings. The normalized spacial score (nSPS) is 16.4. The largest absolute Gasteiger partial charge is 0.368 e. The first-order valence-corrected chi connectivity index (χ1v) is 9.66. The number of carbonyl (C=O) groups is 1. The number of benzene rings is 1. The van der Waals surface area contributed by atoms with Crippen LogP contribution in [-0.4, -0.2) is 35.0 Å². The van der Waals surface area contributed by atoms with Gasteiger partial charge in [0.25, 0.3) is 5.91 Å². The van der Waals surface area contributed by atoms with Gasteiger partial charge in [-0.15, -0.1) is 0 Å². The van der Waals surface area contributed by atoms with Crippen molar-refractivity contribution in [2.75, 3.05) is 23.3 Å². The number of amides is 1. The number of rotatable bonds is 4. The zero-order chi connectivity index (χ0) is 20.2. The molecule has 1 aliphatic heterocycles. The van der Waals surface area contributed by atoms with Crippen molar-refractivity contribution < 1.29 is 4.79 Å². The summed E-state index contributed by atoms with van der Waals surface area (Å²) in [5.74, 6) is -0.298. The van der Waals surface area contributed by atoms with Crippen molar-refractivity contribution in [2.24, 2.45) is 5.73 Å². The van der Waals surface area contributed by atoms with Crippen LogP contribution in [0.3, 0.4) is 0 Å². The molecule has 4 rings (SSSR count). The monoisotopic (exact) mass is 386 g/mol. The quantitative estimate of drug-likeness (QED) is 0.714. The molecule has 0 saturated carbocycles. The van der Waals surface area contributed by atoms with Gasteiger partial charge in [0, 0.05) is 30.7 Å². The maximum atomic E-state index is 12.9. The van der Waals surface area contributed by atoms with Gasteiger partial charge in [0.1, 0.15) is 5.69 Å². The van der Waals surface area contributed by atoms with Gasteiger partial charge in [0.2, 0.25) is 0 Å². The molecule has 0 bridgehead atoms. The average Bonchev–Trinajstić information content (AvgIpc) is 2.74. The lowest BCUT2D eigenvalue weighted by atomic mass is 10.1. The fourth-order valence-corrected chi connectivity index (χ4v) is 3.66. The summed E-state index contributed by atoms with van der Waals surface area (Å²) in [5, 5.41) is 12.8. The molecular weight excluding hydrogens is 364 g/mol. The summed E-state index contributed by atoms with van der Waals surface area (Å²) in [4.78, 5) is 23.7. The van der Waals surface area contributed by atoms with Gasteiger partial charge in [0.15, 0.2) is 0 Å². The van der Waals surface area contributed by atoms with E-state index < -0.39 is 0 Å². The Morgan fingerprint density at radius 1 is 1.31 bits per heavy atom. The summed E-state index contributed by atoms with van der Waals surface area (Å²) >= 11 is 0. The Kier molecular flexibility index (Phi) is 5.36. The number of anilines is 2. The molecule has 0 spiro atoms. The molecule has 7 heteroatoms. The summed E-state index contributed by atoms with van der Waals surface area (Å²) in [7, 11) is 0. The van der Waals surface area contributed by atoms with Crippen molar-refractivity contribution in [3.05, 3.63) is 60.0 Å². The lowest BCUT2D eigenvalue weighted by molar-refractivity contribution is 0.102. The van der Waals surface area contributed by atoms with Crippen molar-refractivity contribution in [2.45, 2.75) is 25.3 Å². The number of aromatic nitrogens is 2. The van der Waals surface area contributed by atoms with E-state index in [1.165, 1.54) is 0 Å². The second-order valence-corrected chi connectivity index (χ2v) is 7.25. The second kappa shape index (κ2) is 8.25. The van der Waals surface area contributed by atoms with Gasteiger partial charge >= 0.3 is 0 Å². The Morgan fingerprint density at radius 3 is 3.00 bits per heavy atom. The Labute approximate surface area is 169 Å². The maximum absolute atomic E-state index is 12.9. The molecule has 29 heavy (non-hydrogen) atoms. The van der Waals surface area contributed by atoms with Gasteiger partial charge in [0.05, 0.1) is 35.6 Å². The third-order valence-corrected chi connectivity index (χ3v) is 5.12. The number of nitrogens with two attached hydrogens (primary N) is 1. The van der Waals surface area contributed by atoms with Crippen LogP contribution in [-0.2, 0) is 6.42 Å². The third-order valence-electron chi connectivity index (χ3n) is 5.12. The number of carbonyl (C=O) groups excluding carboxylic acids is 1. The minimum atomic E-state index is -0.298. The third kappa shape index (κ3) is 4.18. The predicted molar refractivity (Wildman–Crippen MR) is 113 cm³/mol. The van der Waals surface area contributed by atoms with E-state index in [4.69, 9.17) is 11.0 Å². The smallest absolute Gasteiger partial charge is 0.274 e. The highest BCUT2D eigenvalue weighted by Crippen LogP contribution is 2.27. The standard InChI is InChI=1S/C22H22N6O/c23-9-7-15-3-4-16-5-6-18(26-19(16)12-15)22(29)27-20-13-25-10-8-21(20)28-11-1-2-17(24)14-28/h3-6,8,10,12-13,17H,1-2,7,11,14,24H2,(H,27,29). The van der Waals surface area contributed by atoms with Crippen LogP contribution in [0, 0.1) is 11.3 Å². The first-order valence-electron chi connectivity index (χ1n) is 9.66. The Hall–Kier alpha value is -3.50. The van der Waals surface area contributed by atoms with Crippen LogP contribution in [0.2, 0.25) is 0 Å². The molecule has 3 heterocycles. The molecule has 2 aromatic heterocycles. The highest BCUT2D eigenvalue weighted by Gasteiger charge is 2.20. The van der Waals surface area contributed by atoms with Crippen molar-refractivity contribution in [1.82, 2.24) is 9.97 Å². The van der Waals surface area contributed by atoms with E-state index in [9.17, 15) is 4.79 Å². The number of nitrogens with zero attached hydrogens (tertiary/aromatic N) is 4. The number of pyridine rings is 2. The second-order valence-electron chi connectivity index (χ2n) is 7.25. The van der Waals surface area contributed by atoms with Gasteiger partial charge in [-0.2, -0.15) is 5.26 Å². The van der Waals surface area contributed by atoms with E-state index in [1.54, 1.807) is 18.5 Å². The summed E-state index contributed by atoms with van der Waals surface area (Å²) in [5.41, 5.74) is 9.56. The number of piperidine rings is 1. The minimum absolute atomic E-state index is 0.130. The fraction of sp³-hybridized carbons (Fsp3) is 0.273. The Bertz CT molecular complexity index is 1090. The Balaban J connectivity index is 1.59. The summed E-state index contributed by atoms with van der Waals surface area (Å²) in [6.07, 6.45) is 5.72. The summed E-state index contributed by atoms with van der Waals surface area (Å²) < 4.78 is 0. The zero-order valence-electron chi connectivity index (χ0n) is 16.0. The molecule has 1 saturated heterocycles. The number of hydrogen-bond acceptors (Lipinski definition) is 6. The molecule has 3 N–H and O–H groups in total. The first kappa shape index (κ1) is 18.8. The van der Waals surface area contributed by atoms with Gasteiger partial charge in [-0.05, 0) is 36.6 Å². The van der Waals surface area contributed by atoms with Gasteiger partial charge in [-0.1, -0.05) is 18.2 Å². The number of fused-ring (bicyclic) bond motifs is 1. The van der Waals surface area contributed by atoms with Crippen LogP contribution in [0.5, 0.6) is 0 Å². The van der Waals surface area contributed by atoms with Crippen molar-refractivity contribution in [1.29, 1.82) is 5.26 Å². The lowest BCUT2D eigenvalue weighted by Gasteiger charge is -2.33.